The SMILES string of the molecule is CC1CC(C(=O)O)CCN1Cc1ccc(Br)c(Cl)c1. The summed E-state index contributed by atoms with van der Waals surface area (Å²) in [5.41, 5.74) is 1.16. The first-order valence-corrected chi connectivity index (χ1v) is 7.55. The summed E-state index contributed by atoms with van der Waals surface area (Å²) in [4.78, 5) is 13.3. The highest BCUT2D eigenvalue weighted by atomic mass is 79.9. The Hall–Kier alpha value is -0.580. The lowest BCUT2D eigenvalue weighted by Gasteiger charge is -2.36. The fourth-order valence-electron chi connectivity index (χ4n) is 2.55. The van der Waals surface area contributed by atoms with Gasteiger partial charge in [-0.1, -0.05) is 17.7 Å². The maximum atomic E-state index is 11.0. The first kappa shape index (κ1) is 14.8. The molecule has 2 rings (SSSR count). The van der Waals surface area contributed by atoms with Gasteiger partial charge in [-0.05, 0) is 59.9 Å². The van der Waals surface area contributed by atoms with Gasteiger partial charge in [0, 0.05) is 17.1 Å². The van der Waals surface area contributed by atoms with Gasteiger partial charge in [-0.3, -0.25) is 9.69 Å². The van der Waals surface area contributed by atoms with Gasteiger partial charge in [0.1, 0.15) is 0 Å². The van der Waals surface area contributed by atoms with Gasteiger partial charge in [0.25, 0.3) is 0 Å². The van der Waals surface area contributed by atoms with Gasteiger partial charge >= 0.3 is 5.97 Å². The van der Waals surface area contributed by atoms with Crippen LogP contribution in [0.15, 0.2) is 22.7 Å². The lowest BCUT2D eigenvalue weighted by Crippen LogP contribution is -2.42. The molecule has 1 fully saturated rings. The average Bonchev–Trinajstić information content (AvgIpc) is 2.36. The van der Waals surface area contributed by atoms with Crippen molar-refractivity contribution in [1.29, 1.82) is 0 Å². The van der Waals surface area contributed by atoms with Gasteiger partial charge in [0.15, 0.2) is 0 Å². The van der Waals surface area contributed by atoms with Crippen LogP contribution in [0.1, 0.15) is 25.3 Å². The topological polar surface area (TPSA) is 40.5 Å². The highest BCUT2D eigenvalue weighted by molar-refractivity contribution is 9.10. The summed E-state index contributed by atoms with van der Waals surface area (Å²) in [6.45, 7) is 3.74. The van der Waals surface area contributed by atoms with E-state index < -0.39 is 5.97 Å². The molecule has 0 aliphatic carbocycles. The van der Waals surface area contributed by atoms with Crippen LogP contribution in [0.25, 0.3) is 0 Å². The Labute approximate surface area is 126 Å². The number of carboxylic acids is 1. The maximum absolute atomic E-state index is 11.0. The summed E-state index contributed by atoms with van der Waals surface area (Å²) in [6, 6.07) is 6.25. The molecule has 104 valence electrons. The summed E-state index contributed by atoms with van der Waals surface area (Å²) in [6.07, 6.45) is 1.45. The normalized spacial score (nSPS) is 24.4. The van der Waals surface area contributed by atoms with E-state index in [1.165, 1.54) is 0 Å². The van der Waals surface area contributed by atoms with E-state index in [0.717, 1.165) is 36.0 Å². The number of hydrogen-bond acceptors (Lipinski definition) is 2. The molecule has 19 heavy (non-hydrogen) atoms. The average molecular weight is 347 g/mol. The number of hydrogen-bond donors (Lipinski definition) is 1. The lowest BCUT2D eigenvalue weighted by molar-refractivity contribution is -0.144. The largest absolute Gasteiger partial charge is 0.481 e. The number of carbonyl (C=O) groups is 1. The minimum Gasteiger partial charge on any atom is -0.481 e. The van der Waals surface area contributed by atoms with E-state index in [-0.39, 0.29) is 12.0 Å². The number of rotatable bonds is 3. The second-order valence-corrected chi connectivity index (χ2v) is 6.39. The predicted molar refractivity (Wildman–Crippen MR) is 79.4 cm³/mol. The molecule has 2 unspecified atom stereocenters. The van der Waals surface area contributed by atoms with Crippen molar-refractivity contribution in [2.45, 2.75) is 32.4 Å². The summed E-state index contributed by atoms with van der Waals surface area (Å²) >= 11 is 9.47. The van der Waals surface area contributed by atoms with Crippen molar-refractivity contribution in [3.05, 3.63) is 33.3 Å². The quantitative estimate of drug-likeness (QED) is 0.905. The lowest BCUT2D eigenvalue weighted by atomic mass is 9.91. The van der Waals surface area contributed by atoms with Crippen LogP contribution in [0.2, 0.25) is 5.02 Å². The van der Waals surface area contributed by atoms with Gasteiger partial charge in [-0.2, -0.15) is 0 Å². The van der Waals surface area contributed by atoms with Crippen LogP contribution in [0.5, 0.6) is 0 Å². The molecule has 1 aromatic rings. The number of halogens is 2. The van der Waals surface area contributed by atoms with E-state index in [1.54, 1.807) is 0 Å². The van der Waals surface area contributed by atoms with Crippen molar-refractivity contribution in [3.63, 3.8) is 0 Å². The van der Waals surface area contributed by atoms with Crippen LogP contribution < -0.4 is 0 Å². The number of piperidine rings is 1. The molecule has 0 spiro atoms. The summed E-state index contributed by atoms with van der Waals surface area (Å²) in [5.74, 6) is -0.863. The van der Waals surface area contributed by atoms with E-state index in [4.69, 9.17) is 16.7 Å². The van der Waals surface area contributed by atoms with Crippen LogP contribution >= 0.6 is 27.5 Å². The van der Waals surface area contributed by atoms with E-state index in [2.05, 4.69) is 27.8 Å². The Morgan fingerprint density at radius 2 is 2.32 bits per heavy atom. The Balaban J connectivity index is 2.00. The zero-order valence-corrected chi connectivity index (χ0v) is 13.1. The fraction of sp³-hybridized carbons (Fsp3) is 0.500. The van der Waals surface area contributed by atoms with E-state index in [0.29, 0.717) is 5.02 Å². The third-order valence-electron chi connectivity index (χ3n) is 3.73. The van der Waals surface area contributed by atoms with Gasteiger partial charge in [0.2, 0.25) is 0 Å². The third-order valence-corrected chi connectivity index (χ3v) is 4.97. The third kappa shape index (κ3) is 3.71. The number of nitrogens with zero attached hydrogens (tertiary/aromatic N) is 1. The van der Waals surface area contributed by atoms with Crippen LogP contribution in [-0.2, 0) is 11.3 Å². The van der Waals surface area contributed by atoms with E-state index >= 15 is 0 Å². The number of aliphatic carboxylic acids is 1. The van der Waals surface area contributed by atoms with Crippen LogP contribution in [-0.4, -0.2) is 28.6 Å². The standard InChI is InChI=1S/C14H17BrClNO2/c1-9-6-11(14(18)19)4-5-17(9)8-10-2-3-12(15)13(16)7-10/h2-3,7,9,11H,4-6,8H2,1H3,(H,18,19). The van der Waals surface area contributed by atoms with Crippen molar-refractivity contribution in [2.75, 3.05) is 6.54 Å². The van der Waals surface area contributed by atoms with Gasteiger partial charge in [-0.15, -0.1) is 0 Å². The molecule has 0 aromatic heterocycles. The first-order chi connectivity index (χ1) is 8.97. The number of carboxylic acid groups (broad SMARTS) is 1. The van der Waals surface area contributed by atoms with E-state index in [1.807, 2.05) is 18.2 Å². The minimum absolute atomic E-state index is 0.195. The molecule has 0 saturated carbocycles. The molecule has 5 heteroatoms. The second-order valence-electron chi connectivity index (χ2n) is 5.13. The fourth-order valence-corrected chi connectivity index (χ4v) is 3.00. The Morgan fingerprint density at radius 1 is 1.58 bits per heavy atom. The van der Waals surface area contributed by atoms with E-state index in [9.17, 15) is 4.79 Å². The Kier molecular flexibility index (Phi) is 4.87. The molecule has 0 amide bonds. The molecular weight excluding hydrogens is 330 g/mol. The molecule has 1 N–H and O–H groups in total. The van der Waals surface area contributed by atoms with Crippen molar-refractivity contribution >= 4 is 33.5 Å². The molecule has 0 radical (unpaired) electrons. The van der Waals surface area contributed by atoms with Crippen LogP contribution in [0.3, 0.4) is 0 Å². The second kappa shape index (κ2) is 6.25. The molecular formula is C14H17BrClNO2. The zero-order chi connectivity index (χ0) is 14.0. The molecule has 0 bridgehead atoms. The summed E-state index contributed by atoms with van der Waals surface area (Å²) < 4.78 is 0.899. The zero-order valence-electron chi connectivity index (χ0n) is 10.8. The van der Waals surface area contributed by atoms with Crippen LogP contribution in [0, 0.1) is 5.92 Å². The Bertz CT molecular complexity index is 481. The Morgan fingerprint density at radius 3 is 2.89 bits per heavy atom. The monoisotopic (exact) mass is 345 g/mol. The van der Waals surface area contributed by atoms with Crippen molar-refractivity contribution in [1.82, 2.24) is 4.90 Å². The molecule has 1 saturated heterocycles. The first-order valence-electron chi connectivity index (χ1n) is 6.38. The highest BCUT2D eigenvalue weighted by Gasteiger charge is 2.29. The molecule has 1 aliphatic heterocycles. The van der Waals surface area contributed by atoms with Crippen molar-refractivity contribution in [3.8, 4) is 0 Å². The molecule has 2 atom stereocenters. The molecule has 1 aromatic carbocycles. The number of likely N-dealkylation sites (tertiary alicyclic amines) is 1. The predicted octanol–water partition coefficient (Wildman–Crippen LogP) is 3.79. The summed E-state index contributed by atoms with van der Waals surface area (Å²) in [7, 11) is 0. The smallest absolute Gasteiger partial charge is 0.306 e. The van der Waals surface area contributed by atoms with Crippen molar-refractivity contribution < 1.29 is 9.90 Å². The molecule has 1 aliphatic rings. The van der Waals surface area contributed by atoms with Crippen molar-refractivity contribution in [2.24, 2.45) is 5.92 Å². The van der Waals surface area contributed by atoms with Gasteiger partial charge in [0.05, 0.1) is 10.9 Å². The molecule has 1 heterocycles. The highest BCUT2D eigenvalue weighted by Crippen LogP contribution is 2.27. The molecule has 3 nitrogen and oxygen atoms in total. The van der Waals surface area contributed by atoms with Gasteiger partial charge in [-0.25, -0.2) is 0 Å². The minimum atomic E-state index is -0.668. The maximum Gasteiger partial charge on any atom is 0.306 e. The van der Waals surface area contributed by atoms with Gasteiger partial charge < -0.3 is 5.11 Å². The van der Waals surface area contributed by atoms with Crippen LogP contribution in [0.4, 0.5) is 0 Å². The summed E-state index contributed by atoms with van der Waals surface area (Å²) in [5, 5.41) is 9.77. The number of benzene rings is 1.